The molecule has 1 aromatic heterocycles. The van der Waals surface area contributed by atoms with Crippen LogP contribution in [0.5, 0.6) is 5.75 Å². The van der Waals surface area contributed by atoms with Gasteiger partial charge < -0.3 is 9.64 Å². The van der Waals surface area contributed by atoms with Crippen LogP contribution in [0.25, 0.3) is 11.3 Å². The van der Waals surface area contributed by atoms with E-state index in [1.54, 1.807) is 31.4 Å². The Bertz CT molecular complexity index is 1050. The van der Waals surface area contributed by atoms with Gasteiger partial charge in [-0.2, -0.15) is 5.10 Å². The molecule has 156 valence electrons. The van der Waals surface area contributed by atoms with Crippen molar-refractivity contribution in [1.29, 1.82) is 0 Å². The lowest BCUT2D eigenvalue weighted by atomic mass is 10.1. The summed E-state index contributed by atoms with van der Waals surface area (Å²) in [4.78, 5) is 17.1. The quantitative estimate of drug-likeness (QED) is 0.635. The number of hydrogen-bond acceptors (Lipinski definition) is 4. The lowest BCUT2D eigenvalue weighted by molar-refractivity contribution is 0.0622. The number of carbonyl (C=O) groups excluding carboxylic acids is 1. The minimum absolute atomic E-state index is 0.0557. The van der Waals surface area contributed by atoms with Crippen molar-refractivity contribution in [3.8, 4) is 17.0 Å². The van der Waals surface area contributed by atoms with Crippen LogP contribution in [0.1, 0.15) is 16.1 Å². The third-order valence-electron chi connectivity index (χ3n) is 5.22. The SMILES string of the molecule is COc1cccc(CN2CCN(C(=O)c3cc(-c4ccc(Cl)cc4Cl)n[nH]3)CC2)c1. The molecule has 4 rings (SSSR count). The summed E-state index contributed by atoms with van der Waals surface area (Å²) in [5.41, 5.74) is 3.01. The Balaban J connectivity index is 1.37. The molecule has 1 amide bonds. The Labute approximate surface area is 185 Å². The smallest absolute Gasteiger partial charge is 0.271 e. The largest absolute Gasteiger partial charge is 0.497 e. The summed E-state index contributed by atoms with van der Waals surface area (Å²) in [6.07, 6.45) is 0. The van der Waals surface area contributed by atoms with Gasteiger partial charge in [0.25, 0.3) is 5.91 Å². The van der Waals surface area contributed by atoms with Crippen molar-refractivity contribution in [3.63, 3.8) is 0 Å². The third kappa shape index (κ3) is 4.61. The fourth-order valence-electron chi connectivity index (χ4n) is 3.57. The van der Waals surface area contributed by atoms with Gasteiger partial charge in [-0.05, 0) is 42.0 Å². The highest BCUT2D eigenvalue weighted by Crippen LogP contribution is 2.29. The number of nitrogens with one attached hydrogen (secondary N) is 1. The van der Waals surface area contributed by atoms with E-state index in [4.69, 9.17) is 27.9 Å². The number of H-pyrrole nitrogens is 1. The van der Waals surface area contributed by atoms with Gasteiger partial charge >= 0.3 is 0 Å². The highest BCUT2D eigenvalue weighted by atomic mass is 35.5. The monoisotopic (exact) mass is 444 g/mol. The van der Waals surface area contributed by atoms with Gasteiger partial charge in [-0.1, -0.05) is 35.3 Å². The maximum atomic E-state index is 12.9. The number of aromatic amines is 1. The van der Waals surface area contributed by atoms with E-state index in [1.807, 2.05) is 23.1 Å². The van der Waals surface area contributed by atoms with Crippen molar-refractivity contribution in [3.05, 3.63) is 69.8 Å². The van der Waals surface area contributed by atoms with E-state index >= 15 is 0 Å². The second kappa shape index (κ2) is 9.08. The molecule has 0 saturated carbocycles. The number of hydrogen-bond donors (Lipinski definition) is 1. The lowest BCUT2D eigenvalue weighted by Crippen LogP contribution is -2.48. The zero-order valence-corrected chi connectivity index (χ0v) is 18.1. The van der Waals surface area contributed by atoms with Gasteiger partial charge in [-0.3, -0.25) is 14.8 Å². The molecule has 0 atom stereocenters. The van der Waals surface area contributed by atoms with Crippen molar-refractivity contribution >= 4 is 29.1 Å². The lowest BCUT2D eigenvalue weighted by Gasteiger charge is -2.34. The first-order chi connectivity index (χ1) is 14.5. The highest BCUT2D eigenvalue weighted by Gasteiger charge is 2.24. The molecule has 0 aliphatic carbocycles. The Morgan fingerprint density at radius 3 is 2.63 bits per heavy atom. The standard InChI is InChI=1S/C22H22Cl2N4O2/c1-30-17-4-2-3-15(11-17)14-27-7-9-28(10-8-27)22(29)21-13-20(25-26-21)18-6-5-16(23)12-19(18)24/h2-6,11-13H,7-10,14H2,1H3,(H,25,26). The first-order valence-corrected chi connectivity index (χ1v) is 10.4. The average molecular weight is 445 g/mol. The molecule has 0 bridgehead atoms. The number of rotatable bonds is 5. The molecule has 0 spiro atoms. The van der Waals surface area contributed by atoms with Crippen molar-refractivity contribution < 1.29 is 9.53 Å². The fourth-order valence-corrected chi connectivity index (χ4v) is 4.08. The topological polar surface area (TPSA) is 61.5 Å². The molecule has 30 heavy (non-hydrogen) atoms. The third-order valence-corrected chi connectivity index (χ3v) is 5.76. The molecule has 6 nitrogen and oxygen atoms in total. The van der Waals surface area contributed by atoms with Crippen LogP contribution in [0.15, 0.2) is 48.5 Å². The van der Waals surface area contributed by atoms with Gasteiger partial charge in [0.15, 0.2) is 0 Å². The molecule has 1 N–H and O–H groups in total. The summed E-state index contributed by atoms with van der Waals surface area (Å²) in [7, 11) is 1.67. The van der Waals surface area contributed by atoms with Crippen LogP contribution < -0.4 is 4.74 Å². The first-order valence-electron chi connectivity index (χ1n) is 9.69. The zero-order chi connectivity index (χ0) is 21.1. The van der Waals surface area contributed by atoms with Gasteiger partial charge in [0, 0.05) is 43.3 Å². The number of piperazine rings is 1. The van der Waals surface area contributed by atoms with E-state index in [0.29, 0.717) is 34.5 Å². The molecule has 2 aromatic carbocycles. The number of aromatic nitrogens is 2. The summed E-state index contributed by atoms with van der Waals surface area (Å²) >= 11 is 12.2. The number of carbonyl (C=O) groups is 1. The Morgan fingerprint density at radius 2 is 1.90 bits per heavy atom. The number of ether oxygens (including phenoxy) is 1. The van der Waals surface area contributed by atoms with E-state index in [-0.39, 0.29) is 5.91 Å². The molecule has 2 heterocycles. The fraction of sp³-hybridized carbons (Fsp3) is 0.273. The van der Waals surface area contributed by atoms with Crippen molar-refractivity contribution in [2.75, 3.05) is 33.3 Å². The predicted molar refractivity (Wildman–Crippen MR) is 118 cm³/mol. The summed E-state index contributed by atoms with van der Waals surface area (Å²) in [5, 5.41) is 8.16. The normalized spacial score (nSPS) is 14.7. The molecule has 3 aromatic rings. The summed E-state index contributed by atoms with van der Waals surface area (Å²) in [5.74, 6) is 0.803. The van der Waals surface area contributed by atoms with Crippen LogP contribution in [0.4, 0.5) is 0 Å². The van der Waals surface area contributed by atoms with E-state index in [9.17, 15) is 4.79 Å². The molecule has 8 heteroatoms. The number of amides is 1. The molecular weight excluding hydrogens is 423 g/mol. The van der Waals surface area contributed by atoms with E-state index in [1.165, 1.54) is 5.56 Å². The number of methoxy groups -OCH3 is 1. The minimum Gasteiger partial charge on any atom is -0.497 e. The molecule has 1 aliphatic rings. The van der Waals surface area contributed by atoms with Crippen molar-refractivity contribution in [2.24, 2.45) is 0 Å². The number of benzene rings is 2. The summed E-state index contributed by atoms with van der Waals surface area (Å²) in [6.45, 7) is 3.79. The van der Waals surface area contributed by atoms with Crippen molar-refractivity contribution in [2.45, 2.75) is 6.54 Å². The first kappa shape index (κ1) is 20.7. The minimum atomic E-state index is -0.0557. The Hall–Kier alpha value is -2.54. The number of nitrogens with zero attached hydrogens (tertiary/aromatic N) is 3. The molecular formula is C22H22Cl2N4O2. The van der Waals surface area contributed by atoms with Gasteiger partial charge in [-0.25, -0.2) is 0 Å². The van der Waals surface area contributed by atoms with Crippen molar-refractivity contribution in [1.82, 2.24) is 20.0 Å². The molecule has 1 fully saturated rings. The van der Waals surface area contributed by atoms with E-state index in [2.05, 4.69) is 21.2 Å². The summed E-state index contributed by atoms with van der Waals surface area (Å²) in [6, 6.07) is 15.0. The second-order valence-corrected chi connectivity index (χ2v) is 8.05. The van der Waals surface area contributed by atoms with Gasteiger partial charge in [-0.15, -0.1) is 0 Å². The Morgan fingerprint density at radius 1 is 1.10 bits per heavy atom. The maximum Gasteiger partial charge on any atom is 0.271 e. The van der Waals surface area contributed by atoms with Gasteiger partial charge in [0.05, 0.1) is 17.8 Å². The maximum absolute atomic E-state index is 12.9. The van der Waals surface area contributed by atoms with Crippen LogP contribution >= 0.6 is 23.2 Å². The van der Waals surface area contributed by atoms with Crippen LogP contribution in [0.2, 0.25) is 10.0 Å². The molecule has 0 unspecified atom stereocenters. The van der Waals surface area contributed by atoms with Gasteiger partial charge in [0.2, 0.25) is 0 Å². The summed E-state index contributed by atoms with van der Waals surface area (Å²) < 4.78 is 5.29. The zero-order valence-electron chi connectivity index (χ0n) is 16.6. The van der Waals surface area contributed by atoms with Crippen LogP contribution in [-0.4, -0.2) is 59.2 Å². The van der Waals surface area contributed by atoms with E-state index in [0.717, 1.165) is 30.9 Å². The highest BCUT2D eigenvalue weighted by molar-refractivity contribution is 6.36. The molecule has 0 radical (unpaired) electrons. The van der Waals surface area contributed by atoms with Gasteiger partial charge in [0.1, 0.15) is 11.4 Å². The van der Waals surface area contributed by atoms with E-state index < -0.39 is 0 Å². The second-order valence-electron chi connectivity index (χ2n) is 7.21. The molecule has 1 saturated heterocycles. The Kier molecular flexibility index (Phi) is 6.27. The molecule has 1 aliphatic heterocycles. The van der Waals surface area contributed by atoms with Crippen LogP contribution in [-0.2, 0) is 6.54 Å². The average Bonchev–Trinajstić information content (AvgIpc) is 3.24. The predicted octanol–water partition coefficient (Wildman–Crippen LogP) is 4.35. The number of halogens is 2. The van der Waals surface area contributed by atoms with Crippen LogP contribution in [0, 0.1) is 0 Å². The van der Waals surface area contributed by atoms with Crippen LogP contribution in [0.3, 0.4) is 0 Å².